The van der Waals surface area contributed by atoms with Crippen LogP contribution in [0.2, 0.25) is 5.15 Å². The Morgan fingerprint density at radius 3 is 2.50 bits per heavy atom. The molecule has 0 spiro atoms. The predicted octanol–water partition coefficient (Wildman–Crippen LogP) is 1.38. The van der Waals surface area contributed by atoms with Crippen LogP contribution in [0.25, 0.3) is 0 Å². The van der Waals surface area contributed by atoms with Gasteiger partial charge in [0.1, 0.15) is 11.2 Å². The van der Waals surface area contributed by atoms with Crippen LogP contribution in [0.4, 0.5) is 0 Å². The van der Waals surface area contributed by atoms with Crippen LogP contribution in [0.1, 0.15) is 31.1 Å². The van der Waals surface area contributed by atoms with Gasteiger partial charge in [-0.2, -0.15) is 0 Å². The Hall–Kier alpha value is -1.62. The standard InChI is InChI=1S/C12H16ClN3O2/c1-7(2)15-11(17)8(3)16-12(18)9-5-4-6-14-10(9)13/h4-8H,1-3H3,(H,15,17)(H,16,18). The summed E-state index contributed by atoms with van der Waals surface area (Å²) in [5.41, 5.74) is 0.253. The lowest BCUT2D eigenvalue weighted by atomic mass is 10.2. The molecule has 2 N–H and O–H groups in total. The minimum absolute atomic E-state index is 0.0267. The van der Waals surface area contributed by atoms with Gasteiger partial charge in [0, 0.05) is 12.2 Å². The van der Waals surface area contributed by atoms with Crippen LogP contribution in [0.5, 0.6) is 0 Å². The Labute approximate surface area is 111 Å². The first-order chi connectivity index (χ1) is 8.41. The predicted molar refractivity (Wildman–Crippen MR) is 69.5 cm³/mol. The van der Waals surface area contributed by atoms with Gasteiger partial charge in [0.2, 0.25) is 5.91 Å². The number of carbonyl (C=O) groups is 2. The first-order valence-electron chi connectivity index (χ1n) is 5.63. The molecule has 0 saturated carbocycles. The number of amides is 2. The van der Waals surface area contributed by atoms with Crippen molar-refractivity contribution in [3.8, 4) is 0 Å². The lowest BCUT2D eigenvalue weighted by molar-refractivity contribution is -0.123. The fourth-order valence-corrected chi connectivity index (χ4v) is 1.51. The van der Waals surface area contributed by atoms with Gasteiger partial charge in [-0.05, 0) is 32.9 Å². The number of rotatable bonds is 4. The molecule has 0 aliphatic heterocycles. The molecule has 1 rings (SSSR count). The number of hydrogen-bond donors (Lipinski definition) is 2. The summed E-state index contributed by atoms with van der Waals surface area (Å²) in [6.07, 6.45) is 1.49. The Morgan fingerprint density at radius 2 is 1.94 bits per heavy atom. The number of nitrogens with zero attached hydrogens (tertiary/aromatic N) is 1. The molecule has 6 heteroatoms. The molecule has 0 aromatic carbocycles. The molecule has 0 radical (unpaired) electrons. The molecule has 1 atom stereocenters. The van der Waals surface area contributed by atoms with Gasteiger partial charge < -0.3 is 10.6 Å². The molecule has 98 valence electrons. The molecule has 0 aliphatic carbocycles. The zero-order chi connectivity index (χ0) is 13.7. The highest BCUT2D eigenvalue weighted by Gasteiger charge is 2.18. The third-order valence-electron chi connectivity index (χ3n) is 2.18. The number of hydrogen-bond acceptors (Lipinski definition) is 3. The van der Waals surface area contributed by atoms with E-state index in [1.165, 1.54) is 6.20 Å². The van der Waals surface area contributed by atoms with E-state index in [4.69, 9.17) is 11.6 Å². The van der Waals surface area contributed by atoms with Crippen molar-refractivity contribution >= 4 is 23.4 Å². The lowest BCUT2D eigenvalue weighted by Crippen LogP contribution is -2.46. The first kappa shape index (κ1) is 14.4. The van der Waals surface area contributed by atoms with Crippen LogP contribution in [-0.2, 0) is 4.79 Å². The average Bonchev–Trinajstić information content (AvgIpc) is 2.28. The van der Waals surface area contributed by atoms with E-state index in [2.05, 4.69) is 15.6 Å². The van der Waals surface area contributed by atoms with Crippen molar-refractivity contribution in [1.82, 2.24) is 15.6 Å². The topological polar surface area (TPSA) is 71.1 Å². The number of nitrogens with one attached hydrogen (secondary N) is 2. The van der Waals surface area contributed by atoms with Gasteiger partial charge in [0.05, 0.1) is 5.56 Å². The van der Waals surface area contributed by atoms with Crippen molar-refractivity contribution in [3.63, 3.8) is 0 Å². The third kappa shape index (κ3) is 4.00. The molecule has 0 bridgehead atoms. The number of carbonyl (C=O) groups excluding carboxylic acids is 2. The van der Waals surface area contributed by atoms with E-state index in [0.717, 1.165) is 0 Å². The van der Waals surface area contributed by atoms with E-state index in [9.17, 15) is 9.59 Å². The maximum Gasteiger partial charge on any atom is 0.255 e. The van der Waals surface area contributed by atoms with E-state index in [1.807, 2.05) is 13.8 Å². The second kappa shape index (κ2) is 6.35. The van der Waals surface area contributed by atoms with E-state index in [1.54, 1.807) is 19.1 Å². The smallest absolute Gasteiger partial charge is 0.255 e. The van der Waals surface area contributed by atoms with Crippen molar-refractivity contribution < 1.29 is 9.59 Å². The molecule has 1 aromatic rings. The summed E-state index contributed by atoms with van der Waals surface area (Å²) in [4.78, 5) is 27.3. The molecule has 0 aliphatic rings. The molecule has 1 heterocycles. The fourth-order valence-electron chi connectivity index (χ4n) is 1.30. The molecular formula is C12H16ClN3O2. The molecule has 1 unspecified atom stereocenters. The SMILES string of the molecule is CC(C)NC(=O)C(C)NC(=O)c1cccnc1Cl. The number of pyridine rings is 1. The van der Waals surface area contributed by atoms with Crippen molar-refractivity contribution in [2.24, 2.45) is 0 Å². The third-order valence-corrected chi connectivity index (χ3v) is 2.48. The fraction of sp³-hybridized carbons (Fsp3) is 0.417. The van der Waals surface area contributed by atoms with Crippen molar-refractivity contribution in [3.05, 3.63) is 29.0 Å². The molecule has 1 aromatic heterocycles. The van der Waals surface area contributed by atoms with Crippen LogP contribution in [-0.4, -0.2) is 28.9 Å². The van der Waals surface area contributed by atoms with E-state index >= 15 is 0 Å². The molecular weight excluding hydrogens is 254 g/mol. The summed E-state index contributed by atoms with van der Waals surface area (Å²) < 4.78 is 0. The summed E-state index contributed by atoms with van der Waals surface area (Å²) >= 11 is 5.79. The van der Waals surface area contributed by atoms with E-state index < -0.39 is 11.9 Å². The molecule has 2 amide bonds. The van der Waals surface area contributed by atoms with Gasteiger partial charge in [-0.25, -0.2) is 4.98 Å². The lowest BCUT2D eigenvalue weighted by Gasteiger charge is -2.16. The Bertz CT molecular complexity index is 449. The average molecular weight is 270 g/mol. The second-order valence-electron chi connectivity index (χ2n) is 4.20. The number of aromatic nitrogens is 1. The van der Waals surface area contributed by atoms with E-state index in [-0.39, 0.29) is 22.7 Å². The molecule has 0 fully saturated rings. The van der Waals surface area contributed by atoms with Crippen LogP contribution >= 0.6 is 11.6 Å². The highest BCUT2D eigenvalue weighted by molar-refractivity contribution is 6.32. The van der Waals surface area contributed by atoms with Gasteiger partial charge in [-0.1, -0.05) is 11.6 Å². The van der Waals surface area contributed by atoms with Gasteiger partial charge >= 0.3 is 0 Å². The summed E-state index contributed by atoms with van der Waals surface area (Å²) in [5.74, 6) is -0.655. The second-order valence-corrected chi connectivity index (χ2v) is 4.56. The highest BCUT2D eigenvalue weighted by atomic mass is 35.5. The van der Waals surface area contributed by atoms with Crippen LogP contribution in [0.3, 0.4) is 0 Å². The minimum atomic E-state index is -0.629. The zero-order valence-corrected chi connectivity index (χ0v) is 11.3. The highest BCUT2D eigenvalue weighted by Crippen LogP contribution is 2.11. The van der Waals surface area contributed by atoms with Crippen molar-refractivity contribution in [1.29, 1.82) is 0 Å². The van der Waals surface area contributed by atoms with E-state index in [0.29, 0.717) is 0 Å². The van der Waals surface area contributed by atoms with Crippen molar-refractivity contribution in [2.75, 3.05) is 0 Å². The normalized spacial score (nSPS) is 12.1. The maximum absolute atomic E-state index is 11.9. The molecule has 18 heavy (non-hydrogen) atoms. The van der Waals surface area contributed by atoms with Crippen LogP contribution in [0, 0.1) is 0 Å². The van der Waals surface area contributed by atoms with Gasteiger partial charge in [-0.3, -0.25) is 9.59 Å². The summed E-state index contributed by atoms with van der Waals surface area (Å²) in [6, 6.07) is 2.56. The van der Waals surface area contributed by atoms with Gasteiger partial charge in [0.25, 0.3) is 5.91 Å². The Balaban J connectivity index is 2.65. The first-order valence-corrected chi connectivity index (χ1v) is 6.01. The van der Waals surface area contributed by atoms with Crippen LogP contribution < -0.4 is 10.6 Å². The minimum Gasteiger partial charge on any atom is -0.352 e. The van der Waals surface area contributed by atoms with Crippen molar-refractivity contribution in [2.45, 2.75) is 32.9 Å². The summed E-state index contributed by atoms with van der Waals surface area (Å²) in [6.45, 7) is 5.31. The molecule has 0 saturated heterocycles. The van der Waals surface area contributed by atoms with Gasteiger partial charge in [-0.15, -0.1) is 0 Å². The number of halogens is 1. The molecule has 5 nitrogen and oxygen atoms in total. The Kier molecular flexibility index (Phi) is 5.09. The zero-order valence-electron chi connectivity index (χ0n) is 10.5. The largest absolute Gasteiger partial charge is 0.352 e. The maximum atomic E-state index is 11.9. The monoisotopic (exact) mass is 269 g/mol. The van der Waals surface area contributed by atoms with Gasteiger partial charge in [0.15, 0.2) is 0 Å². The van der Waals surface area contributed by atoms with Crippen LogP contribution in [0.15, 0.2) is 18.3 Å². The summed E-state index contributed by atoms with van der Waals surface area (Å²) in [5, 5.41) is 5.40. The summed E-state index contributed by atoms with van der Waals surface area (Å²) in [7, 11) is 0. The Morgan fingerprint density at radius 1 is 1.28 bits per heavy atom. The quantitative estimate of drug-likeness (QED) is 0.811.